The van der Waals surface area contributed by atoms with Gasteiger partial charge in [-0.25, -0.2) is 0 Å². The fourth-order valence-corrected chi connectivity index (χ4v) is 2.68. The Morgan fingerprint density at radius 1 is 1.38 bits per heavy atom. The summed E-state index contributed by atoms with van der Waals surface area (Å²) in [6, 6.07) is 3.47. The molecule has 1 aliphatic carbocycles. The van der Waals surface area contributed by atoms with Gasteiger partial charge in [0.2, 0.25) is 0 Å². The summed E-state index contributed by atoms with van der Waals surface area (Å²) in [5.41, 5.74) is 3.41. The number of halogens is 3. The number of hydrazine groups is 1. The van der Waals surface area contributed by atoms with Crippen LogP contribution in [0.2, 0.25) is 0 Å². The number of nitrogens with one attached hydrogen (secondary N) is 1. The van der Waals surface area contributed by atoms with Crippen molar-refractivity contribution in [2.45, 2.75) is 45.0 Å². The highest BCUT2D eigenvalue weighted by Gasteiger charge is 2.38. The van der Waals surface area contributed by atoms with Gasteiger partial charge in [-0.1, -0.05) is 6.07 Å². The zero-order valence-corrected chi connectivity index (χ0v) is 12.2. The molecule has 0 saturated heterocycles. The molecule has 1 saturated carbocycles. The monoisotopic (exact) mass is 302 g/mol. The maximum Gasteiger partial charge on any atom is 0.416 e. The highest BCUT2D eigenvalue weighted by Crippen LogP contribution is 2.41. The molecule has 6 heteroatoms. The second-order valence-corrected chi connectivity index (χ2v) is 5.47. The van der Waals surface area contributed by atoms with Crippen LogP contribution in [0.25, 0.3) is 0 Å². The minimum absolute atomic E-state index is 0.101. The van der Waals surface area contributed by atoms with Crippen LogP contribution in [0.1, 0.15) is 42.5 Å². The first-order valence-corrected chi connectivity index (χ1v) is 7.14. The second kappa shape index (κ2) is 6.34. The molecular formula is C15H21F3N2O. The summed E-state index contributed by atoms with van der Waals surface area (Å²) in [5, 5.41) is 0. The van der Waals surface area contributed by atoms with Crippen LogP contribution in [-0.4, -0.2) is 12.7 Å². The van der Waals surface area contributed by atoms with Gasteiger partial charge in [0.05, 0.1) is 17.7 Å². The highest BCUT2D eigenvalue weighted by molar-refractivity contribution is 5.35. The molecule has 2 atom stereocenters. The largest absolute Gasteiger partial charge is 0.416 e. The van der Waals surface area contributed by atoms with E-state index in [1.165, 1.54) is 6.07 Å². The molecule has 0 amide bonds. The average molecular weight is 302 g/mol. The van der Waals surface area contributed by atoms with E-state index in [9.17, 15) is 13.2 Å². The molecule has 2 rings (SSSR count). The Morgan fingerprint density at radius 3 is 2.48 bits per heavy atom. The third-order valence-corrected chi connectivity index (χ3v) is 3.89. The number of aryl methyl sites for hydroxylation is 1. The quantitative estimate of drug-likeness (QED) is 0.626. The molecule has 1 aromatic carbocycles. The van der Waals surface area contributed by atoms with Crippen molar-refractivity contribution in [2.75, 3.05) is 6.61 Å². The Hall–Kier alpha value is -1.11. The second-order valence-electron chi connectivity index (χ2n) is 5.47. The summed E-state index contributed by atoms with van der Waals surface area (Å²) in [4.78, 5) is 0. The minimum Gasteiger partial charge on any atom is -0.376 e. The Bertz CT molecular complexity index is 486. The maximum absolute atomic E-state index is 12.7. The molecule has 1 fully saturated rings. The van der Waals surface area contributed by atoms with Crippen LogP contribution in [0.4, 0.5) is 13.2 Å². The first-order valence-electron chi connectivity index (χ1n) is 7.14. The molecule has 21 heavy (non-hydrogen) atoms. The van der Waals surface area contributed by atoms with Crippen molar-refractivity contribution in [2.24, 2.45) is 11.8 Å². The van der Waals surface area contributed by atoms with E-state index in [2.05, 4.69) is 5.43 Å². The van der Waals surface area contributed by atoms with Crippen molar-refractivity contribution in [3.05, 3.63) is 34.9 Å². The summed E-state index contributed by atoms with van der Waals surface area (Å²) in [5.74, 6) is 6.07. The lowest BCUT2D eigenvalue weighted by Gasteiger charge is -2.28. The first kappa shape index (κ1) is 16.3. The van der Waals surface area contributed by atoms with E-state index >= 15 is 0 Å². The number of ether oxygens (including phenoxy) is 1. The summed E-state index contributed by atoms with van der Waals surface area (Å²) < 4.78 is 44.0. The van der Waals surface area contributed by atoms with E-state index in [0.717, 1.165) is 30.5 Å². The predicted molar refractivity (Wildman–Crippen MR) is 74.4 cm³/mol. The zero-order chi connectivity index (χ0) is 15.6. The molecule has 0 aromatic heterocycles. The van der Waals surface area contributed by atoms with Crippen molar-refractivity contribution in [3.8, 4) is 0 Å². The lowest BCUT2D eigenvalue weighted by Crippen LogP contribution is -2.39. The van der Waals surface area contributed by atoms with E-state index in [0.29, 0.717) is 18.1 Å². The number of hydrogen-bond acceptors (Lipinski definition) is 3. The number of rotatable bonds is 6. The molecule has 3 nitrogen and oxygen atoms in total. The van der Waals surface area contributed by atoms with Gasteiger partial charge in [-0.2, -0.15) is 13.2 Å². The van der Waals surface area contributed by atoms with Gasteiger partial charge < -0.3 is 4.74 Å². The number of alkyl halides is 3. The van der Waals surface area contributed by atoms with Crippen LogP contribution in [0.15, 0.2) is 18.2 Å². The van der Waals surface area contributed by atoms with Gasteiger partial charge in [0.15, 0.2) is 0 Å². The van der Waals surface area contributed by atoms with E-state index in [-0.39, 0.29) is 12.1 Å². The fraction of sp³-hybridized carbons (Fsp3) is 0.600. The van der Waals surface area contributed by atoms with Crippen molar-refractivity contribution in [1.82, 2.24) is 5.43 Å². The first-order chi connectivity index (χ1) is 9.88. The molecule has 1 aromatic rings. The van der Waals surface area contributed by atoms with Gasteiger partial charge in [-0.3, -0.25) is 11.3 Å². The lowest BCUT2D eigenvalue weighted by molar-refractivity contribution is -0.137. The summed E-state index contributed by atoms with van der Waals surface area (Å²) in [6.07, 6.45) is -2.29. The van der Waals surface area contributed by atoms with Gasteiger partial charge in [0.1, 0.15) is 0 Å². The topological polar surface area (TPSA) is 47.3 Å². The van der Waals surface area contributed by atoms with Crippen LogP contribution in [0, 0.1) is 12.8 Å². The molecule has 3 N–H and O–H groups in total. The van der Waals surface area contributed by atoms with Crippen LogP contribution < -0.4 is 11.3 Å². The van der Waals surface area contributed by atoms with Gasteiger partial charge in [-0.05, 0) is 55.9 Å². The number of hydrogen-bond donors (Lipinski definition) is 2. The normalized spacial score (nSPS) is 18.6. The van der Waals surface area contributed by atoms with Gasteiger partial charge in [0, 0.05) is 6.61 Å². The highest BCUT2D eigenvalue weighted by atomic mass is 19.4. The zero-order valence-electron chi connectivity index (χ0n) is 12.2. The molecule has 2 unspecified atom stereocenters. The van der Waals surface area contributed by atoms with Crippen molar-refractivity contribution in [3.63, 3.8) is 0 Å². The molecule has 0 spiro atoms. The summed E-state index contributed by atoms with van der Waals surface area (Å²) in [7, 11) is 0. The van der Waals surface area contributed by atoms with E-state index in [1.54, 1.807) is 6.92 Å². The molecule has 0 bridgehead atoms. The third-order valence-electron chi connectivity index (χ3n) is 3.89. The molecule has 1 aliphatic rings. The third kappa shape index (κ3) is 3.75. The van der Waals surface area contributed by atoms with E-state index in [4.69, 9.17) is 10.6 Å². The van der Waals surface area contributed by atoms with Gasteiger partial charge in [0.25, 0.3) is 0 Å². The molecule has 0 radical (unpaired) electrons. The minimum atomic E-state index is -4.33. The predicted octanol–water partition coefficient (Wildman–Crippen LogP) is 3.33. The lowest BCUT2D eigenvalue weighted by atomic mass is 9.93. The van der Waals surface area contributed by atoms with Crippen LogP contribution in [-0.2, 0) is 10.9 Å². The smallest absolute Gasteiger partial charge is 0.376 e. The van der Waals surface area contributed by atoms with Crippen LogP contribution in [0.3, 0.4) is 0 Å². The van der Waals surface area contributed by atoms with Crippen LogP contribution >= 0.6 is 0 Å². The summed E-state index contributed by atoms with van der Waals surface area (Å²) in [6.45, 7) is 4.13. The molecular weight excluding hydrogens is 281 g/mol. The van der Waals surface area contributed by atoms with E-state index in [1.807, 2.05) is 6.92 Å². The SMILES string of the molecule is CCOC(C1CC1)C(NN)c1ccc(C(F)(F)F)cc1C. The molecule has 118 valence electrons. The molecule has 0 aliphatic heterocycles. The average Bonchev–Trinajstić information content (AvgIpc) is 3.23. The fourth-order valence-electron chi connectivity index (χ4n) is 2.68. The number of benzene rings is 1. The standard InChI is InChI=1S/C15H21F3N2O/c1-3-21-14(10-4-5-10)13(20-19)12-7-6-11(8-9(12)2)15(16,17)18/h6-8,10,13-14,20H,3-5,19H2,1-2H3. The Morgan fingerprint density at radius 2 is 2.05 bits per heavy atom. The van der Waals surface area contributed by atoms with Crippen molar-refractivity contribution >= 4 is 0 Å². The Labute approximate surface area is 122 Å². The van der Waals surface area contributed by atoms with Gasteiger partial charge in [-0.15, -0.1) is 0 Å². The maximum atomic E-state index is 12.7. The Balaban J connectivity index is 2.29. The van der Waals surface area contributed by atoms with E-state index < -0.39 is 11.7 Å². The summed E-state index contributed by atoms with van der Waals surface area (Å²) >= 11 is 0. The van der Waals surface area contributed by atoms with Crippen molar-refractivity contribution in [1.29, 1.82) is 0 Å². The molecule has 0 heterocycles. The number of nitrogens with two attached hydrogens (primary N) is 1. The Kier molecular flexibility index (Phi) is 4.91. The van der Waals surface area contributed by atoms with Crippen LogP contribution in [0.5, 0.6) is 0 Å². The van der Waals surface area contributed by atoms with Gasteiger partial charge >= 0.3 is 6.18 Å². The van der Waals surface area contributed by atoms with Crippen molar-refractivity contribution < 1.29 is 17.9 Å².